The van der Waals surface area contributed by atoms with E-state index in [0.717, 1.165) is 50.7 Å². The molecule has 19 heavy (non-hydrogen) atoms. The normalized spacial score (nSPS) is 19.4. The Hall–Kier alpha value is -1.16. The van der Waals surface area contributed by atoms with Gasteiger partial charge < -0.3 is 10.1 Å². The maximum absolute atomic E-state index is 5.51. The maximum Gasteiger partial charge on any atom is 0.132 e. The number of hydrogen-bond acceptors (Lipinski definition) is 4. The molecule has 0 saturated carbocycles. The molecule has 1 aliphatic heterocycles. The third kappa shape index (κ3) is 4.46. The topological polar surface area (TPSA) is 47.0 Å². The minimum absolute atomic E-state index is 0.707. The smallest absolute Gasteiger partial charge is 0.132 e. The van der Waals surface area contributed by atoms with E-state index in [1.165, 1.54) is 18.4 Å². The molecule has 1 aromatic rings. The van der Waals surface area contributed by atoms with E-state index in [1.54, 1.807) is 0 Å². The average molecular weight is 263 g/mol. The Morgan fingerprint density at radius 3 is 3.11 bits per heavy atom. The highest BCUT2D eigenvalue weighted by Gasteiger charge is 2.13. The highest BCUT2D eigenvalue weighted by molar-refractivity contribution is 5.42. The Labute approximate surface area is 116 Å². The van der Waals surface area contributed by atoms with Crippen LogP contribution in [-0.4, -0.2) is 29.7 Å². The monoisotopic (exact) mass is 263 g/mol. The molecule has 4 nitrogen and oxygen atoms in total. The van der Waals surface area contributed by atoms with Crippen molar-refractivity contribution in [1.29, 1.82) is 0 Å². The Morgan fingerprint density at radius 2 is 2.37 bits per heavy atom. The van der Waals surface area contributed by atoms with Crippen LogP contribution in [0.1, 0.15) is 44.0 Å². The van der Waals surface area contributed by atoms with Crippen molar-refractivity contribution in [2.24, 2.45) is 5.92 Å². The van der Waals surface area contributed by atoms with E-state index in [1.807, 2.05) is 13.1 Å². The number of aryl methyl sites for hydroxylation is 2. The van der Waals surface area contributed by atoms with Crippen molar-refractivity contribution in [1.82, 2.24) is 9.97 Å². The molecular weight excluding hydrogens is 238 g/mol. The lowest BCUT2D eigenvalue weighted by atomic mass is 9.99. The van der Waals surface area contributed by atoms with Crippen LogP contribution < -0.4 is 5.32 Å². The zero-order chi connectivity index (χ0) is 13.5. The van der Waals surface area contributed by atoms with Crippen LogP contribution in [0.3, 0.4) is 0 Å². The second-order valence-electron chi connectivity index (χ2n) is 5.34. The summed E-state index contributed by atoms with van der Waals surface area (Å²) in [6.45, 7) is 6.96. The van der Waals surface area contributed by atoms with Gasteiger partial charge in [0.05, 0.1) is 0 Å². The number of aromatic nitrogens is 2. The van der Waals surface area contributed by atoms with Gasteiger partial charge >= 0.3 is 0 Å². The molecule has 1 fully saturated rings. The summed E-state index contributed by atoms with van der Waals surface area (Å²) < 4.78 is 5.51. The largest absolute Gasteiger partial charge is 0.381 e. The predicted octanol–water partition coefficient (Wildman–Crippen LogP) is 2.97. The third-order valence-electron chi connectivity index (χ3n) is 3.60. The van der Waals surface area contributed by atoms with Crippen LogP contribution in [0.5, 0.6) is 0 Å². The minimum Gasteiger partial charge on any atom is -0.381 e. The lowest BCUT2D eigenvalue weighted by Gasteiger charge is -2.22. The molecule has 0 radical (unpaired) electrons. The van der Waals surface area contributed by atoms with Gasteiger partial charge in [-0.3, -0.25) is 0 Å². The van der Waals surface area contributed by atoms with Gasteiger partial charge in [0, 0.05) is 31.5 Å². The molecule has 0 amide bonds. The fourth-order valence-electron chi connectivity index (χ4n) is 2.53. The highest BCUT2D eigenvalue weighted by atomic mass is 16.5. The van der Waals surface area contributed by atoms with Crippen LogP contribution in [0.25, 0.3) is 0 Å². The number of hydrogen-bond donors (Lipinski definition) is 1. The number of nitrogens with one attached hydrogen (secondary N) is 1. The average Bonchev–Trinajstić information content (AvgIpc) is 2.43. The molecule has 4 heteroatoms. The van der Waals surface area contributed by atoms with Gasteiger partial charge in [0.1, 0.15) is 11.6 Å². The molecule has 1 aromatic heterocycles. The van der Waals surface area contributed by atoms with Crippen molar-refractivity contribution in [2.45, 2.75) is 46.0 Å². The van der Waals surface area contributed by atoms with Crippen LogP contribution in [0.2, 0.25) is 0 Å². The zero-order valence-corrected chi connectivity index (χ0v) is 12.1. The summed E-state index contributed by atoms with van der Waals surface area (Å²) in [6, 6.07) is 0. The van der Waals surface area contributed by atoms with E-state index < -0.39 is 0 Å². The van der Waals surface area contributed by atoms with Gasteiger partial charge in [0.25, 0.3) is 0 Å². The molecule has 2 heterocycles. The summed E-state index contributed by atoms with van der Waals surface area (Å²) in [5.41, 5.74) is 1.23. The molecule has 1 atom stereocenters. The summed E-state index contributed by atoms with van der Waals surface area (Å²) in [4.78, 5) is 8.81. The van der Waals surface area contributed by atoms with Crippen LogP contribution in [0, 0.1) is 12.8 Å². The standard InChI is InChI=1S/C15H25N3O/c1-3-5-14-10-17-12(2)18-15(14)16-8-7-13-6-4-9-19-11-13/h10,13H,3-9,11H2,1-2H3,(H,16,17,18)/t13-/m1/s1. The van der Waals surface area contributed by atoms with Crippen molar-refractivity contribution in [3.05, 3.63) is 17.6 Å². The van der Waals surface area contributed by atoms with Crippen molar-refractivity contribution < 1.29 is 4.74 Å². The number of ether oxygens (including phenoxy) is 1. The van der Waals surface area contributed by atoms with E-state index in [4.69, 9.17) is 4.74 Å². The van der Waals surface area contributed by atoms with Gasteiger partial charge in [-0.05, 0) is 38.5 Å². The molecule has 0 bridgehead atoms. The second kappa shape index (κ2) is 7.43. The molecule has 0 aromatic carbocycles. The first-order valence-electron chi connectivity index (χ1n) is 7.43. The number of anilines is 1. The summed E-state index contributed by atoms with van der Waals surface area (Å²) in [5.74, 6) is 2.56. The summed E-state index contributed by atoms with van der Waals surface area (Å²) in [7, 11) is 0. The number of rotatable bonds is 6. The van der Waals surface area contributed by atoms with Crippen LogP contribution in [-0.2, 0) is 11.2 Å². The summed E-state index contributed by atoms with van der Waals surface area (Å²) in [6.07, 6.45) is 7.78. The highest BCUT2D eigenvalue weighted by Crippen LogP contribution is 2.18. The molecule has 1 saturated heterocycles. The van der Waals surface area contributed by atoms with E-state index in [9.17, 15) is 0 Å². The molecule has 2 rings (SSSR count). The molecule has 106 valence electrons. The second-order valence-corrected chi connectivity index (χ2v) is 5.34. The lowest BCUT2D eigenvalue weighted by molar-refractivity contribution is 0.0530. The van der Waals surface area contributed by atoms with Crippen LogP contribution in [0.15, 0.2) is 6.20 Å². The Balaban J connectivity index is 1.85. The van der Waals surface area contributed by atoms with Crippen molar-refractivity contribution in [3.63, 3.8) is 0 Å². The predicted molar refractivity (Wildman–Crippen MR) is 77.4 cm³/mol. The van der Waals surface area contributed by atoms with Crippen LogP contribution in [0.4, 0.5) is 5.82 Å². The van der Waals surface area contributed by atoms with Crippen molar-refractivity contribution >= 4 is 5.82 Å². The third-order valence-corrected chi connectivity index (χ3v) is 3.60. The fraction of sp³-hybridized carbons (Fsp3) is 0.733. The Morgan fingerprint density at radius 1 is 1.47 bits per heavy atom. The van der Waals surface area contributed by atoms with E-state index in [2.05, 4.69) is 22.2 Å². The first-order chi connectivity index (χ1) is 9.29. The van der Waals surface area contributed by atoms with Gasteiger partial charge in [-0.1, -0.05) is 13.3 Å². The number of nitrogens with zero attached hydrogens (tertiary/aromatic N) is 2. The lowest BCUT2D eigenvalue weighted by Crippen LogP contribution is -2.20. The fourth-order valence-corrected chi connectivity index (χ4v) is 2.53. The van der Waals surface area contributed by atoms with Crippen LogP contribution >= 0.6 is 0 Å². The molecule has 1 N–H and O–H groups in total. The van der Waals surface area contributed by atoms with E-state index in [0.29, 0.717) is 5.92 Å². The summed E-state index contributed by atoms with van der Waals surface area (Å²) >= 11 is 0. The van der Waals surface area contributed by atoms with Crippen molar-refractivity contribution in [2.75, 3.05) is 25.1 Å². The minimum atomic E-state index is 0.707. The van der Waals surface area contributed by atoms with E-state index >= 15 is 0 Å². The van der Waals surface area contributed by atoms with Gasteiger partial charge in [-0.25, -0.2) is 9.97 Å². The maximum atomic E-state index is 5.51. The van der Waals surface area contributed by atoms with E-state index in [-0.39, 0.29) is 0 Å². The molecule has 0 spiro atoms. The quantitative estimate of drug-likeness (QED) is 0.857. The Kier molecular flexibility index (Phi) is 5.58. The first kappa shape index (κ1) is 14.3. The Bertz CT molecular complexity index is 389. The first-order valence-corrected chi connectivity index (χ1v) is 7.43. The van der Waals surface area contributed by atoms with Gasteiger partial charge in [-0.2, -0.15) is 0 Å². The SMILES string of the molecule is CCCc1cnc(C)nc1NCC[C@H]1CCCOC1. The molecule has 0 unspecified atom stereocenters. The summed E-state index contributed by atoms with van der Waals surface area (Å²) in [5, 5.41) is 3.48. The molecule has 0 aliphatic carbocycles. The zero-order valence-electron chi connectivity index (χ0n) is 12.1. The molecular formula is C15H25N3O. The van der Waals surface area contributed by atoms with Gasteiger partial charge in [-0.15, -0.1) is 0 Å². The molecule has 1 aliphatic rings. The van der Waals surface area contributed by atoms with Crippen molar-refractivity contribution in [3.8, 4) is 0 Å². The van der Waals surface area contributed by atoms with Gasteiger partial charge in [0.15, 0.2) is 0 Å². The van der Waals surface area contributed by atoms with Gasteiger partial charge in [0.2, 0.25) is 0 Å².